The molecule has 0 saturated carbocycles. The van der Waals surface area contributed by atoms with Crippen LogP contribution in [0.3, 0.4) is 0 Å². The monoisotopic (exact) mass is 444 g/mol. The summed E-state index contributed by atoms with van der Waals surface area (Å²) < 4.78 is 35.5. The summed E-state index contributed by atoms with van der Waals surface area (Å²) in [5.74, 6) is 0. The highest BCUT2D eigenvalue weighted by atomic mass is 16.7. The van der Waals surface area contributed by atoms with E-state index in [-0.39, 0.29) is 30.5 Å². The van der Waals surface area contributed by atoms with E-state index in [0.29, 0.717) is 6.61 Å². The Kier molecular flexibility index (Phi) is 7.91. The zero-order valence-electron chi connectivity index (χ0n) is 18.7. The molecule has 3 aliphatic heterocycles. The van der Waals surface area contributed by atoms with Gasteiger partial charge in [0.2, 0.25) is 0 Å². The maximum Gasteiger partial charge on any atom is 0.178 e. The van der Waals surface area contributed by atoms with E-state index < -0.39 is 25.0 Å². The van der Waals surface area contributed by atoms with Crippen molar-refractivity contribution in [1.82, 2.24) is 0 Å². The Morgan fingerprint density at radius 3 is 1.81 bits per heavy atom. The van der Waals surface area contributed by atoms with Gasteiger partial charge in [0.15, 0.2) is 18.9 Å². The lowest BCUT2D eigenvalue weighted by Gasteiger charge is -2.36. The Balaban J connectivity index is 1.25. The van der Waals surface area contributed by atoms with E-state index in [2.05, 4.69) is 0 Å². The largest absolute Gasteiger partial charge is 0.386 e. The van der Waals surface area contributed by atoms with E-state index >= 15 is 0 Å². The molecule has 0 fully saturated rings. The predicted molar refractivity (Wildman–Crippen MR) is 117 cm³/mol. The third kappa shape index (κ3) is 6.14. The van der Waals surface area contributed by atoms with Crippen LogP contribution in [0.2, 0.25) is 0 Å². The molecule has 3 heterocycles. The summed E-state index contributed by atoms with van der Waals surface area (Å²) in [5.41, 5.74) is 1.10. The third-order valence-electron chi connectivity index (χ3n) is 5.67. The normalized spacial score (nSPS) is 39.3. The Labute approximate surface area is 189 Å². The van der Waals surface area contributed by atoms with E-state index in [1.807, 2.05) is 75.4 Å². The minimum atomic E-state index is -0.612. The summed E-state index contributed by atoms with van der Waals surface area (Å²) in [6.07, 6.45) is 7.71. The zero-order chi connectivity index (χ0) is 22.5. The van der Waals surface area contributed by atoms with Crippen LogP contribution >= 0.6 is 0 Å². The highest BCUT2D eigenvalue weighted by molar-refractivity contribution is 5.13. The minimum Gasteiger partial charge on any atom is -0.386 e. The number of benzene rings is 1. The Hall–Kier alpha value is -1.84. The van der Waals surface area contributed by atoms with Crippen LogP contribution < -0.4 is 0 Å². The molecule has 0 amide bonds. The molecule has 174 valence electrons. The van der Waals surface area contributed by atoms with E-state index in [4.69, 9.17) is 28.4 Å². The number of hydrogen-bond acceptors (Lipinski definition) is 7. The molecule has 4 rings (SSSR count). The lowest BCUT2D eigenvalue weighted by molar-refractivity contribution is -0.243. The molecule has 3 aliphatic rings. The molecule has 7 nitrogen and oxygen atoms in total. The smallest absolute Gasteiger partial charge is 0.178 e. The van der Waals surface area contributed by atoms with Crippen molar-refractivity contribution in [2.45, 2.75) is 82.9 Å². The summed E-state index contributed by atoms with van der Waals surface area (Å²) in [7, 11) is 0. The van der Waals surface area contributed by atoms with Gasteiger partial charge in [-0.05, 0) is 44.6 Å². The molecule has 0 bridgehead atoms. The maximum absolute atomic E-state index is 9.72. The first-order valence-corrected chi connectivity index (χ1v) is 11.1. The van der Waals surface area contributed by atoms with Crippen molar-refractivity contribution in [3.8, 4) is 0 Å². The summed E-state index contributed by atoms with van der Waals surface area (Å²) in [4.78, 5) is 0. The molecular weight excluding hydrogens is 412 g/mol. The van der Waals surface area contributed by atoms with E-state index in [9.17, 15) is 5.11 Å². The van der Waals surface area contributed by atoms with Crippen molar-refractivity contribution >= 4 is 0 Å². The molecular formula is C25H32O7. The van der Waals surface area contributed by atoms with Crippen molar-refractivity contribution in [1.29, 1.82) is 0 Å². The van der Waals surface area contributed by atoms with Gasteiger partial charge in [0, 0.05) is 0 Å². The number of aliphatic hydroxyl groups excluding tert-OH is 1. The highest BCUT2D eigenvalue weighted by Crippen LogP contribution is 2.25. The second kappa shape index (κ2) is 10.9. The van der Waals surface area contributed by atoms with Crippen molar-refractivity contribution in [3.05, 3.63) is 72.4 Å². The number of hydrogen-bond donors (Lipinski definition) is 1. The average Bonchev–Trinajstić information content (AvgIpc) is 2.79. The van der Waals surface area contributed by atoms with Gasteiger partial charge in [-0.2, -0.15) is 0 Å². The van der Waals surface area contributed by atoms with Gasteiger partial charge in [-0.25, -0.2) is 0 Å². The van der Waals surface area contributed by atoms with Crippen LogP contribution in [0.4, 0.5) is 0 Å². The minimum absolute atomic E-state index is 0.184. The number of rotatable bonds is 7. The highest BCUT2D eigenvalue weighted by Gasteiger charge is 2.32. The van der Waals surface area contributed by atoms with Gasteiger partial charge >= 0.3 is 0 Å². The second-order valence-electron chi connectivity index (χ2n) is 8.27. The van der Waals surface area contributed by atoms with Gasteiger partial charge in [-0.1, -0.05) is 48.6 Å². The maximum atomic E-state index is 9.72. The molecule has 0 unspecified atom stereocenters. The van der Waals surface area contributed by atoms with Crippen LogP contribution in [-0.2, 0) is 35.0 Å². The average molecular weight is 445 g/mol. The van der Waals surface area contributed by atoms with Gasteiger partial charge < -0.3 is 33.5 Å². The van der Waals surface area contributed by atoms with Gasteiger partial charge in [0.05, 0.1) is 31.0 Å². The van der Waals surface area contributed by atoms with Crippen LogP contribution in [0, 0.1) is 0 Å². The fourth-order valence-corrected chi connectivity index (χ4v) is 3.70. The number of aliphatic hydroxyl groups is 1. The third-order valence-corrected chi connectivity index (χ3v) is 5.67. The predicted octanol–water partition coefficient (Wildman–Crippen LogP) is 3.24. The molecule has 1 aromatic carbocycles. The second-order valence-corrected chi connectivity index (χ2v) is 8.27. The van der Waals surface area contributed by atoms with E-state index in [0.717, 1.165) is 5.56 Å². The van der Waals surface area contributed by atoms with Crippen molar-refractivity contribution < 1.29 is 33.5 Å². The Bertz CT molecular complexity index is 808. The molecule has 0 saturated heterocycles. The van der Waals surface area contributed by atoms with E-state index in [1.165, 1.54) is 0 Å². The van der Waals surface area contributed by atoms with Crippen LogP contribution in [0.5, 0.6) is 0 Å². The topological polar surface area (TPSA) is 75.6 Å². The fraction of sp³-hybridized carbons (Fsp3) is 0.520. The number of ether oxygens (including phenoxy) is 6. The first-order chi connectivity index (χ1) is 15.5. The van der Waals surface area contributed by atoms with Crippen LogP contribution in [-0.4, -0.2) is 60.6 Å². The van der Waals surface area contributed by atoms with E-state index in [1.54, 1.807) is 12.2 Å². The Morgan fingerprint density at radius 1 is 0.688 bits per heavy atom. The first kappa shape index (κ1) is 23.3. The Morgan fingerprint density at radius 2 is 1.22 bits per heavy atom. The fourth-order valence-electron chi connectivity index (χ4n) is 3.70. The molecule has 0 aromatic heterocycles. The van der Waals surface area contributed by atoms with Crippen LogP contribution in [0.25, 0.3) is 0 Å². The molecule has 0 aliphatic carbocycles. The summed E-state index contributed by atoms with van der Waals surface area (Å²) in [6, 6.07) is 10.00. The summed E-state index contributed by atoms with van der Waals surface area (Å²) >= 11 is 0. The quantitative estimate of drug-likeness (QED) is 0.647. The lowest BCUT2D eigenvalue weighted by atomic mass is 10.1. The molecule has 32 heavy (non-hydrogen) atoms. The van der Waals surface area contributed by atoms with Crippen LogP contribution in [0.15, 0.2) is 66.8 Å². The molecule has 9 atom stereocenters. The molecule has 0 spiro atoms. The molecule has 1 N–H and O–H groups in total. The molecule has 7 heteroatoms. The zero-order valence-corrected chi connectivity index (χ0v) is 18.7. The SMILES string of the molecule is C[C@@H]1O[C@H](O[C@H]2C=C[C@@H](O[C@H]3C=C[C@@H](OCc4ccccc4)O[C@@H]3C)O[C@@H]2C)C=C[C@H]1O. The molecule has 1 aromatic rings. The summed E-state index contributed by atoms with van der Waals surface area (Å²) in [6.45, 7) is 6.18. The van der Waals surface area contributed by atoms with Gasteiger partial charge in [0.25, 0.3) is 0 Å². The summed E-state index contributed by atoms with van der Waals surface area (Å²) in [5, 5.41) is 9.72. The van der Waals surface area contributed by atoms with Gasteiger partial charge in [-0.3, -0.25) is 0 Å². The standard InChI is InChI=1S/C25H32O7/c1-16-20(26)9-12-24(28-16)31-22-11-14-25(30-18(22)3)32-21-10-13-23(29-17(21)2)27-15-19-7-5-4-6-8-19/h4-14,16-18,20-26H,15H2,1-3H3/t16-,17+,18+,20+,21-,22-,23-,24+,25+/m0/s1. The van der Waals surface area contributed by atoms with Crippen LogP contribution in [0.1, 0.15) is 26.3 Å². The van der Waals surface area contributed by atoms with Crippen molar-refractivity contribution in [2.75, 3.05) is 0 Å². The lowest BCUT2D eigenvalue weighted by Crippen LogP contribution is -2.43. The first-order valence-electron chi connectivity index (χ1n) is 11.1. The van der Waals surface area contributed by atoms with Crippen molar-refractivity contribution in [2.24, 2.45) is 0 Å². The van der Waals surface area contributed by atoms with Crippen molar-refractivity contribution in [3.63, 3.8) is 0 Å². The van der Waals surface area contributed by atoms with Gasteiger partial charge in [0.1, 0.15) is 12.2 Å². The van der Waals surface area contributed by atoms with Gasteiger partial charge in [-0.15, -0.1) is 0 Å². The molecule has 0 radical (unpaired) electrons.